The molecule has 0 unspecified atom stereocenters. The molecule has 2 aromatic rings. The van der Waals surface area contributed by atoms with Crippen LogP contribution in [-0.4, -0.2) is 19.9 Å². The Labute approximate surface area is 220 Å². The zero-order valence-electron chi connectivity index (χ0n) is 21.5. The molecule has 184 valence electrons. The van der Waals surface area contributed by atoms with Crippen LogP contribution in [0.2, 0.25) is 0 Å². The van der Waals surface area contributed by atoms with E-state index in [1.165, 1.54) is 44.2 Å². The highest BCUT2D eigenvalue weighted by Crippen LogP contribution is 2.20. The maximum atomic E-state index is 10.6. The average Bonchev–Trinajstić information content (AvgIpc) is 2.73. The third-order valence-corrected chi connectivity index (χ3v) is 5.03. The maximum Gasteiger partial charge on any atom is 0.152 e. The lowest BCUT2D eigenvalue weighted by Crippen LogP contribution is -1.91. The number of aryl methyl sites for hydroxylation is 1. The number of allylic oxidation sites excluding steroid dienone is 3. The first-order valence-corrected chi connectivity index (χ1v) is 13.2. The molecule has 0 aliphatic carbocycles. The van der Waals surface area contributed by atoms with Gasteiger partial charge in [-0.3, -0.25) is 4.79 Å². The molecule has 0 saturated heterocycles. The third-order valence-electron chi connectivity index (χ3n) is 4.12. The largest absolute Gasteiger partial charge is 0.323 e. The number of nitrogens with one attached hydrogen (secondary N) is 1. The second-order valence-corrected chi connectivity index (χ2v) is 9.70. The Balaban J connectivity index is 0. The van der Waals surface area contributed by atoms with Gasteiger partial charge in [0, 0.05) is 8.95 Å². The zero-order valence-corrected chi connectivity index (χ0v) is 24.7. The number of benzene rings is 2. The van der Waals surface area contributed by atoms with Crippen molar-refractivity contribution in [3.63, 3.8) is 0 Å². The van der Waals surface area contributed by atoms with Crippen molar-refractivity contribution >= 4 is 43.7 Å². The van der Waals surface area contributed by atoms with Crippen LogP contribution in [0, 0.1) is 12.8 Å². The Morgan fingerprint density at radius 2 is 1.42 bits per heavy atom. The molecular formula is C29H43Br2NO. The zero-order chi connectivity index (χ0) is 25.5. The molecule has 4 heteroatoms. The summed E-state index contributed by atoms with van der Waals surface area (Å²) in [6.45, 7) is 10.5. The van der Waals surface area contributed by atoms with Gasteiger partial charge in [0.25, 0.3) is 0 Å². The van der Waals surface area contributed by atoms with Gasteiger partial charge in [0.15, 0.2) is 5.78 Å². The van der Waals surface area contributed by atoms with Crippen LogP contribution >= 0.6 is 31.9 Å². The fourth-order valence-electron chi connectivity index (χ4n) is 2.69. The monoisotopic (exact) mass is 579 g/mol. The van der Waals surface area contributed by atoms with Gasteiger partial charge in [0.05, 0.1) is 0 Å². The molecule has 0 bridgehead atoms. The van der Waals surface area contributed by atoms with E-state index in [9.17, 15) is 4.79 Å². The Hall–Kier alpha value is -1.49. The van der Waals surface area contributed by atoms with E-state index in [-0.39, 0.29) is 5.78 Å². The van der Waals surface area contributed by atoms with E-state index >= 15 is 0 Å². The van der Waals surface area contributed by atoms with Crippen molar-refractivity contribution in [3.05, 3.63) is 86.8 Å². The van der Waals surface area contributed by atoms with Gasteiger partial charge in [-0.25, -0.2) is 0 Å². The molecule has 0 amide bonds. The minimum absolute atomic E-state index is 0.0510. The minimum Gasteiger partial charge on any atom is -0.323 e. The van der Waals surface area contributed by atoms with E-state index in [4.69, 9.17) is 0 Å². The molecule has 33 heavy (non-hydrogen) atoms. The maximum absolute atomic E-state index is 10.6. The second-order valence-electron chi connectivity index (χ2n) is 7.87. The van der Waals surface area contributed by atoms with E-state index in [0.717, 1.165) is 20.4 Å². The predicted molar refractivity (Wildman–Crippen MR) is 156 cm³/mol. The van der Waals surface area contributed by atoms with Gasteiger partial charge in [-0.2, -0.15) is 0 Å². The van der Waals surface area contributed by atoms with Gasteiger partial charge >= 0.3 is 0 Å². The lowest BCUT2D eigenvalue weighted by molar-refractivity contribution is -0.112. The highest BCUT2D eigenvalue weighted by molar-refractivity contribution is 9.11. The van der Waals surface area contributed by atoms with Gasteiger partial charge in [-0.05, 0) is 63.7 Å². The van der Waals surface area contributed by atoms with Crippen molar-refractivity contribution in [2.75, 3.05) is 14.1 Å². The Morgan fingerprint density at radius 1 is 0.939 bits per heavy atom. The first-order chi connectivity index (χ1) is 15.7. The van der Waals surface area contributed by atoms with Crippen LogP contribution in [0.4, 0.5) is 0 Å². The topological polar surface area (TPSA) is 29.1 Å². The van der Waals surface area contributed by atoms with Crippen molar-refractivity contribution in [1.29, 1.82) is 0 Å². The molecule has 0 fully saturated rings. The molecule has 0 atom stereocenters. The molecule has 0 aromatic heterocycles. The molecular weight excluding hydrogens is 538 g/mol. The molecule has 2 aromatic carbocycles. The fourth-order valence-corrected chi connectivity index (χ4v) is 4.02. The predicted octanol–water partition coefficient (Wildman–Crippen LogP) is 9.42. The van der Waals surface area contributed by atoms with Crippen LogP contribution in [0.5, 0.6) is 0 Å². The standard InChI is InChI=1S/C12H10Br2O.C8H18.C7H8.C2H7N/c1-9(15)4-2-3-5-10-6-11(13)8-12(14)7-10;1-4-6-8(3)7-5-2;1-7-5-3-2-4-6-7;1-3-2/h2-8H,1H3;8H,4-7H2,1-3H3;2-6H,1H3;3H,1-2H3/b4-2+,5-3+;;;. The number of hydrogen-bond acceptors (Lipinski definition) is 2. The van der Waals surface area contributed by atoms with E-state index in [1.807, 2.05) is 62.6 Å². The fraction of sp³-hybridized carbons (Fsp3) is 0.414. The van der Waals surface area contributed by atoms with E-state index in [1.54, 1.807) is 6.08 Å². The number of hydrogen-bond donors (Lipinski definition) is 1. The van der Waals surface area contributed by atoms with Gasteiger partial charge in [0.1, 0.15) is 0 Å². The van der Waals surface area contributed by atoms with Crippen molar-refractivity contribution in [2.45, 2.75) is 60.3 Å². The summed E-state index contributed by atoms with van der Waals surface area (Å²) in [4.78, 5) is 10.6. The van der Waals surface area contributed by atoms with Crippen LogP contribution in [0.25, 0.3) is 6.08 Å². The number of rotatable bonds is 7. The third kappa shape index (κ3) is 25.0. The van der Waals surface area contributed by atoms with Crippen molar-refractivity contribution in [2.24, 2.45) is 5.92 Å². The number of carbonyl (C=O) groups is 1. The molecule has 0 saturated carbocycles. The summed E-state index contributed by atoms with van der Waals surface area (Å²) in [6.07, 6.45) is 12.6. The Bertz CT molecular complexity index is 759. The molecule has 2 nitrogen and oxygen atoms in total. The quantitative estimate of drug-likeness (QED) is 0.261. The van der Waals surface area contributed by atoms with E-state index < -0.39 is 0 Å². The Morgan fingerprint density at radius 3 is 1.79 bits per heavy atom. The van der Waals surface area contributed by atoms with Crippen molar-refractivity contribution in [1.82, 2.24) is 5.32 Å². The summed E-state index contributed by atoms with van der Waals surface area (Å²) < 4.78 is 2.04. The summed E-state index contributed by atoms with van der Waals surface area (Å²) >= 11 is 6.82. The summed E-state index contributed by atoms with van der Waals surface area (Å²) in [6, 6.07) is 16.2. The number of halogens is 2. The highest BCUT2D eigenvalue weighted by atomic mass is 79.9. The van der Waals surface area contributed by atoms with Crippen LogP contribution in [-0.2, 0) is 4.79 Å². The van der Waals surface area contributed by atoms with Crippen molar-refractivity contribution in [3.8, 4) is 0 Å². The Kier molecular flexibility index (Phi) is 24.1. The van der Waals surface area contributed by atoms with Gasteiger partial charge in [-0.1, -0.05) is 132 Å². The first-order valence-electron chi connectivity index (χ1n) is 11.6. The van der Waals surface area contributed by atoms with Gasteiger partial charge < -0.3 is 5.32 Å². The molecule has 0 spiro atoms. The first kappa shape index (κ1) is 33.7. The van der Waals surface area contributed by atoms with Crippen LogP contribution in [0.3, 0.4) is 0 Å². The summed E-state index contributed by atoms with van der Waals surface area (Å²) in [7, 11) is 3.75. The summed E-state index contributed by atoms with van der Waals surface area (Å²) in [5.41, 5.74) is 2.40. The molecule has 0 radical (unpaired) electrons. The van der Waals surface area contributed by atoms with Crippen molar-refractivity contribution < 1.29 is 4.79 Å². The van der Waals surface area contributed by atoms with Crippen LogP contribution in [0.15, 0.2) is 75.7 Å². The number of ketones is 1. The van der Waals surface area contributed by atoms with Gasteiger partial charge in [-0.15, -0.1) is 0 Å². The summed E-state index contributed by atoms with van der Waals surface area (Å²) in [5.74, 6) is 1.01. The molecule has 2 rings (SSSR count). The molecule has 0 heterocycles. The molecule has 0 aliphatic rings. The average molecular weight is 581 g/mol. The van der Waals surface area contributed by atoms with Crippen LogP contribution < -0.4 is 5.32 Å². The van der Waals surface area contributed by atoms with E-state index in [2.05, 4.69) is 77.0 Å². The lowest BCUT2D eigenvalue weighted by atomic mass is 10.0. The molecule has 1 N–H and O–H groups in total. The SMILES string of the molecule is CC(=O)/C=C/C=C/c1cc(Br)cc(Br)c1.CCCC(C)CCC.CNC.Cc1ccccc1. The van der Waals surface area contributed by atoms with Crippen LogP contribution in [0.1, 0.15) is 64.5 Å². The highest BCUT2D eigenvalue weighted by Gasteiger charge is 1.96. The second kappa shape index (κ2) is 23.7. The van der Waals surface area contributed by atoms with Gasteiger partial charge in [0.2, 0.25) is 0 Å². The normalized spacial score (nSPS) is 10.1. The smallest absolute Gasteiger partial charge is 0.152 e. The minimum atomic E-state index is 0.0510. The number of carbonyl (C=O) groups excluding carboxylic acids is 1. The molecule has 0 aliphatic heterocycles. The van der Waals surface area contributed by atoms with E-state index in [0.29, 0.717) is 0 Å². The lowest BCUT2D eigenvalue weighted by Gasteiger charge is -2.05. The summed E-state index contributed by atoms with van der Waals surface area (Å²) in [5, 5.41) is 2.75.